The predicted molar refractivity (Wildman–Crippen MR) is 125 cm³/mol. The molecule has 1 nitrogen and oxygen atoms in total. The van der Waals surface area contributed by atoms with E-state index in [2.05, 4.69) is 74.4 Å². The Bertz CT molecular complexity index is 691. The Labute approximate surface area is 172 Å². The van der Waals surface area contributed by atoms with Crippen LogP contribution in [0.1, 0.15) is 23.1 Å². The lowest BCUT2D eigenvalue weighted by molar-refractivity contribution is 0.107. The van der Waals surface area contributed by atoms with Crippen molar-refractivity contribution < 1.29 is 4.74 Å². The zero-order chi connectivity index (χ0) is 20.1. The van der Waals surface area contributed by atoms with Gasteiger partial charge in [0, 0.05) is 0 Å². The average Bonchev–Trinajstić information content (AvgIpc) is 2.71. The van der Waals surface area contributed by atoms with Crippen LogP contribution in [0, 0.1) is 0 Å². The highest BCUT2D eigenvalue weighted by atomic mass is 28.3. The summed E-state index contributed by atoms with van der Waals surface area (Å²) in [5.41, 5.74) is 3.85. The number of hydrogen-bond donors (Lipinski definition) is 0. The topological polar surface area (TPSA) is 9.23 Å². The fourth-order valence-corrected chi connectivity index (χ4v) is 7.68. The molecule has 0 saturated carbocycles. The van der Waals surface area contributed by atoms with Gasteiger partial charge in [-0.2, -0.15) is 0 Å². The van der Waals surface area contributed by atoms with Crippen LogP contribution < -0.4 is 0 Å². The van der Waals surface area contributed by atoms with Gasteiger partial charge in [-0.05, 0) is 41.2 Å². The lowest BCUT2D eigenvalue weighted by Gasteiger charge is -2.28. The molecule has 0 spiro atoms. The Kier molecular flexibility index (Phi) is 9.74. The lowest BCUT2D eigenvalue weighted by atomic mass is 10.1. The molecule has 2 aromatic carbocycles. The second-order valence-corrected chi connectivity index (χ2v) is 12.4. The summed E-state index contributed by atoms with van der Waals surface area (Å²) in [5.74, 6) is 0. The first-order valence-corrected chi connectivity index (χ1v) is 13.1. The van der Waals surface area contributed by atoms with Crippen LogP contribution in [0.25, 0.3) is 0 Å². The Hall–Kier alpha value is -2.16. The maximum Gasteiger partial charge on any atom is 0.0721 e. The van der Waals surface area contributed by atoms with Gasteiger partial charge in [0.25, 0.3) is 0 Å². The summed E-state index contributed by atoms with van der Waals surface area (Å²) < 4.78 is 5.83. The van der Waals surface area contributed by atoms with Crippen LogP contribution in [0.3, 0.4) is 0 Å². The van der Waals surface area contributed by atoms with Gasteiger partial charge in [-0.25, -0.2) is 0 Å². The summed E-state index contributed by atoms with van der Waals surface area (Å²) in [6.07, 6.45) is 8.66. The van der Waals surface area contributed by atoms with E-state index >= 15 is 0 Å². The smallest absolute Gasteiger partial charge is 0.0721 e. The third kappa shape index (κ3) is 7.45. The van der Waals surface area contributed by atoms with E-state index in [9.17, 15) is 0 Å². The molecule has 0 aliphatic carbocycles. The van der Waals surface area contributed by atoms with Gasteiger partial charge in [-0.3, -0.25) is 0 Å². The molecule has 0 radical (unpaired) electrons. The van der Waals surface area contributed by atoms with E-state index in [0.29, 0.717) is 13.2 Å². The maximum absolute atomic E-state index is 5.83. The third-order valence-electron chi connectivity index (χ3n) is 5.31. The molecule has 0 unspecified atom stereocenters. The van der Waals surface area contributed by atoms with Crippen molar-refractivity contribution in [2.24, 2.45) is 0 Å². The Morgan fingerprint density at radius 2 is 1.18 bits per heavy atom. The zero-order valence-corrected chi connectivity index (χ0v) is 18.1. The summed E-state index contributed by atoms with van der Waals surface area (Å²) in [6, 6.07) is 24.0. The monoisotopic (exact) mass is 390 g/mol. The number of allylic oxidation sites excluding steroid dienone is 3. The second kappa shape index (κ2) is 12.3. The van der Waals surface area contributed by atoms with E-state index in [0.717, 1.165) is 24.6 Å². The minimum absolute atomic E-state index is 0.656. The Morgan fingerprint density at radius 3 is 1.71 bits per heavy atom. The highest BCUT2D eigenvalue weighted by molar-refractivity contribution is 6.81. The van der Waals surface area contributed by atoms with E-state index < -0.39 is 8.07 Å². The molecule has 0 fully saturated rings. The molecule has 0 heterocycles. The number of benzene rings is 2. The highest BCUT2D eigenvalue weighted by Gasteiger charge is 2.27. The van der Waals surface area contributed by atoms with E-state index in [1.165, 1.54) is 29.2 Å². The fraction of sp³-hybridized carbons (Fsp3) is 0.308. The van der Waals surface area contributed by atoms with Gasteiger partial charge in [-0.1, -0.05) is 85.3 Å². The summed E-state index contributed by atoms with van der Waals surface area (Å²) in [6.45, 7) is 13.3. The fourth-order valence-electron chi connectivity index (χ4n) is 3.81. The Morgan fingerprint density at radius 1 is 0.679 bits per heavy atom. The third-order valence-corrected chi connectivity index (χ3v) is 10.2. The predicted octanol–water partition coefficient (Wildman–Crippen LogP) is 7.34. The largest absolute Gasteiger partial charge is 0.372 e. The molecule has 0 aliphatic heterocycles. The first-order valence-electron chi connectivity index (χ1n) is 10.2. The number of ether oxygens (including phenoxy) is 1. The number of hydrogen-bond acceptors (Lipinski definition) is 1. The van der Waals surface area contributed by atoms with Gasteiger partial charge in [0.05, 0.1) is 21.3 Å². The molecule has 0 atom stereocenters. The van der Waals surface area contributed by atoms with Crippen molar-refractivity contribution in [3.63, 3.8) is 0 Å². The number of aryl methyl sites for hydroxylation is 1. The maximum atomic E-state index is 5.83. The van der Waals surface area contributed by atoms with E-state index in [4.69, 9.17) is 4.74 Å². The van der Waals surface area contributed by atoms with E-state index in [1.807, 2.05) is 18.2 Å². The SMILES string of the molecule is C=CC[Si](CC=C)(CC=C)CCCc1ccc(COCc2ccccc2)cc1. The Balaban J connectivity index is 1.80. The van der Waals surface area contributed by atoms with Crippen LogP contribution in [-0.2, 0) is 24.4 Å². The van der Waals surface area contributed by atoms with Gasteiger partial charge in [0.2, 0.25) is 0 Å². The van der Waals surface area contributed by atoms with Gasteiger partial charge in [-0.15, -0.1) is 19.7 Å². The van der Waals surface area contributed by atoms with E-state index in [1.54, 1.807) is 0 Å². The molecule has 2 aromatic rings. The van der Waals surface area contributed by atoms with Crippen LogP contribution in [0.2, 0.25) is 24.2 Å². The van der Waals surface area contributed by atoms with Crippen LogP contribution in [0.15, 0.2) is 92.6 Å². The second-order valence-electron chi connectivity index (χ2n) is 7.63. The minimum atomic E-state index is -1.38. The van der Waals surface area contributed by atoms with Crippen LogP contribution in [0.5, 0.6) is 0 Å². The van der Waals surface area contributed by atoms with Crippen molar-refractivity contribution in [2.75, 3.05) is 0 Å². The van der Waals surface area contributed by atoms with Gasteiger partial charge >= 0.3 is 0 Å². The number of rotatable bonds is 14. The normalized spacial score (nSPS) is 11.1. The first-order chi connectivity index (χ1) is 13.7. The van der Waals surface area contributed by atoms with Crippen molar-refractivity contribution in [3.05, 3.63) is 109 Å². The molecule has 0 aliphatic rings. The lowest BCUT2D eigenvalue weighted by Crippen LogP contribution is -2.32. The first kappa shape index (κ1) is 22.1. The van der Waals surface area contributed by atoms with Crippen molar-refractivity contribution in [2.45, 2.75) is 50.2 Å². The van der Waals surface area contributed by atoms with Crippen molar-refractivity contribution >= 4 is 8.07 Å². The molecule has 2 heteroatoms. The molecule has 0 amide bonds. The summed E-state index contributed by atoms with van der Waals surface area (Å²) in [7, 11) is -1.38. The molecule has 148 valence electrons. The molecule has 0 N–H and O–H groups in total. The highest BCUT2D eigenvalue weighted by Crippen LogP contribution is 2.29. The quantitative estimate of drug-likeness (QED) is 0.242. The van der Waals surface area contributed by atoms with Gasteiger partial charge in [0.15, 0.2) is 0 Å². The van der Waals surface area contributed by atoms with Crippen LogP contribution in [-0.4, -0.2) is 8.07 Å². The minimum Gasteiger partial charge on any atom is -0.372 e. The van der Waals surface area contributed by atoms with Gasteiger partial charge in [0.1, 0.15) is 0 Å². The molecule has 28 heavy (non-hydrogen) atoms. The van der Waals surface area contributed by atoms with Crippen molar-refractivity contribution in [3.8, 4) is 0 Å². The molecule has 0 aromatic heterocycles. The summed E-state index contributed by atoms with van der Waals surface area (Å²) >= 11 is 0. The van der Waals surface area contributed by atoms with E-state index in [-0.39, 0.29) is 0 Å². The van der Waals surface area contributed by atoms with Crippen LogP contribution >= 0.6 is 0 Å². The molecule has 0 saturated heterocycles. The standard InChI is InChI=1S/C26H34OSi/c1-4-18-28(19-5-2,20-6-3)21-10-13-24-14-16-26(17-15-24)23-27-22-25-11-8-7-9-12-25/h4-9,11-12,14-17H,1-3,10,13,18-23H2. The molecule has 0 bridgehead atoms. The van der Waals surface area contributed by atoms with Gasteiger partial charge < -0.3 is 4.74 Å². The molecular weight excluding hydrogens is 356 g/mol. The zero-order valence-electron chi connectivity index (χ0n) is 17.1. The van der Waals surface area contributed by atoms with Crippen molar-refractivity contribution in [1.82, 2.24) is 0 Å². The molecular formula is C26H34OSi. The summed E-state index contributed by atoms with van der Waals surface area (Å²) in [5, 5.41) is 0. The average molecular weight is 391 g/mol. The summed E-state index contributed by atoms with van der Waals surface area (Å²) in [4.78, 5) is 0. The van der Waals surface area contributed by atoms with Crippen molar-refractivity contribution in [1.29, 1.82) is 0 Å². The van der Waals surface area contributed by atoms with Crippen LogP contribution in [0.4, 0.5) is 0 Å². The molecule has 2 rings (SSSR count).